The summed E-state index contributed by atoms with van der Waals surface area (Å²) in [6.45, 7) is 0. The molecule has 0 saturated carbocycles. The molecule has 1 aliphatic heterocycles. The van der Waals surface area contributed by atoms with Gasteiger partial charge in [-0.1, -0.05) is 18.2 Å². The molecule has 6 heteroatoms. The van der Waals surface area contributed by atoms with E-state index in [-0.39, 0.29) is 42.0 Å². The number of aliphatic hydroxyl groups is 1. The molecule has 6 nitrogen and oxygen atoms in total. The van der Waals surface area contributed by atoms with Crippen molar-refractivity contribution in [3.8, 4) is 5.75 Å². The van der Waals surface area contributed by atoms with E-state index in [0.29, 0.717) is 41.3 Å². The van der Waals surface area contributed by atoms with Gasteiger partial charge in [0.15, 0.2) is 11.6 Å². The van der Waals surface area contributed by atoms with Crippen LogP contribution in [0.4, 0.5) is 0 Å². The van der Waals surface area contributed by atoms with Crippen LogP contribution in [0.1, 0.15) is 60.5 Å². The normalized spacial score (nSPS) is 25.0. The molecule has 0 amide bonds. The second kappa shape index (κ2) is 7.66. The van der Waals surface area contributed by atoms with Crippen molar-refractivity contribution in [2.24, 2.45) is 0 Å². The Labute approximate surface area is 190 Å². The van der Waals surface area contributed by atoms with Gasteiger partial charge in [-0.15, -0.1) is 0 Å². The number of fused-ring (bicyclic) bond motifs is 1. The van der Waals surface area contributed by atoms with E-state index in [1.165, 1.54) is 0 Å². The maximum Gasteiger partial charge on any atom is 0.163 e. The Morgan fingerprint density at radius 1 is 0.727 bits per heavy atom. The van der Waals surface area contributed by atoms with E-state index in [0.717, 1.165) is 11.3 Å². The van der Waals surface area contributed by atoms with Gasteiger partial charge in [-0.25, -0.2) is 0 Å². The fraction of sp³-hybridized carbons (Fsp3) is 0.259. The molecule has 2 aliphatic carbocycles. The minimum absolute atomic E-state index is 0.0159. The highest BCUT2D eigenvalue weighted by atomic mass is 16.5. The SMILES string of the molecule is O=C1C[C@H](c2ccco2)CC(O)=C1[C@@H]1C2=C(C[C@@H](c3ccco3)CC2=O)Oc2ccccc21. The highest BCUT2D eigenvalue weighted by molar-refractivity contribution is 6.06. The minimum atomic E-state index is -0.639. The number of benzene rings is 1. The van der Waals surface area contributed by atoms with Gasteiger partial charge in [-0.05, 0) is 30.3 Å². The summed E-state index contributed by atoms with van der Waals surface area (Å²) in [5.74, 6) is 1.36. The number of hydrogen-bond acceptors (Lipinski definition) is 6. The number of allylic oxidation sites excluding steroid dienone is 4. The first-order valence-electron chi connectivity index (χ1n) is 11.1. The van der Waals surface area contributed by atoms with E-state index in [1.54, 1.807) is 18.6 Å². The summed E-state index contributed by atoms with van der Waals surface area (Å²) in [5.41, 5.74) is 1.50. The molecular formula is C27H22O6. The quantitative estimate of drug-likeness (QED) is 0.559. The van der Waals surface area contributed by atoms with Crippen molar-refractivity contribution in [2.45, 2.75) is 43.4 Å². The molecule has 3 heterocycles. The van der Waals surface area contributed by atoms with E-state index >= 15 is 0 Å². The van der Waals surface area contributed by atoms with Gasteiger partial charge in [0.05, 0.1) is 18.4 Å². The number of Topliss-reactive ketones (excluding diaryl/α,β-unsaturated/α-hetero) is 2. The van der Waals surface area contributed by atoms with Gasteiger partial charge < -0.3 is 18.7 Å². The summed E-state index contributed by atoms with van der Waals surface area (Å²) in [7, 11) is 0. The summed E-state index contributed by atoms with van der Waals surface area (Å²) in [4.78, 5) is 26.9. The van der Waals surface area contributed by atoms with E-state index in [1.807, 2.05) is 42.5 Å². The highest BCUT2D eigenvalue weighted by Gasteiger charge is 2.45. The molecule has 0 fully saturated rings. The van der Waals surface area contributed by atoms with Crippen molar-refractivity contribution in [3.05, 3.63) is 101 Å². The van der Waals surface area contributed by atoms with E-state index in [4.69, 9.17) is 13.6 Å². The number of aliphatic hydroxyl groups excluding tert-OH is 1. The highest BCUT2D eigenvalue weighted by Crippen LogP contribution is 2.51. The predicted octanol–water partition coefficient (Wildman–Crippen LogP) is 5.71. The van der Waals surface area contributed by atoms with Crippen LogP contribution in [-0.4, -0.2) is 16.7 Å². The third-order valence-corrected chi connectivity index (χ3v) is 6.88. The fourth-order valence-electron chi connectivity index (χ4n) is 5.40. The van der Waals surface area contributed by atoms with E-state index in [9.17, 15) is 14.7 Å². The topological polar surface area (TPSA) is 89.9 Å². The van der Waals surface area contributed by atoms with E-state index in [2.05, 4.69) is 0 Å². The minimum Gasteiger partial charge on any atom is -0.512 e. The molecule has 3 aromatic rings. The van der Waals surface area contributed by atoms with E-state index < -0.39 is 5.92 Å². The lowest BCUT2D eigenvalue weighted by Crippen LogP contribution is -2.32. The molecule has 1 N–H and O–H groups in total. The molecule has 0 bridgehead atoms. The summed E-state index contributed by atoms with van der Waals surface area (Å²) in [5, 5.41) is 11.1. The number of furan rings is 2. The summed E-state index contributed by atoms with van der Waals surface area (Å²) in [6, 6.07) is 14.7. The van der Waals surface area contributed by atoms with Gasteiger partial charge in [-0.3, -0.25) is 9.59 Å². The van der Waals surface area contributed by atoms with Crippen molar-refractivity contribution in [1.82, 2.24) is 0 Å². The van der Waals surface area contributed by atoms with Crippen molar-refractivity contribution in [2.75, 3.05) is 0 Å². The Hall–Kier alpha value is -3.80. The molecule has 1 aromatic carbocycles. The zero-order chi connectivity index (χ0) is 22.5. The van der Waals surface area contributed by atoms with Gasteiger partial charge in [0.25, 0.3) is 0 Å². The molecule has 33 heavy (non-hydrogen) atoms. The van der Waals surface area contributed by atoms with Crippen LogP contribution in [0.5, 0.6) is 5.75 Å². The Balaban J connectivity index is 1.45. The van der Waals surface area contributed by atoms with Crippen LogP contribution in [0.3, 0.4) is 0 Å². The Morgan fingerprint density at radius 2 is 1.36 bits per heavy atom. The van der Waals surface area contributed by atoms with Crippen LogP contribution in [0.15, 0.2) is 92.6 Å². The molecule has 0 radical (unpaired) electrons. The van der Waals surface area contributed by atoms with Crippen LogP contribution in [0.25, 0.3) is 0 Å². The van der Waals surface area contributed by atoms with Crippen molar-refractivity contribution >= 4 is 11.6 Å². The average molecular weight is 442 g/mol. The van der Waals surface area contributed by atoms with Crippen LogP contribution < -0.4 is 4.74 Å². The number of ketones is 2. The van der Waals surface area contributed by atoms with Gasteiger partial charge >= 0.3 is 0 Å². The number of rotatable bonds is 3. The van der Waals surface area contributed by atoms with Crippen molar-refractivity contribution in [1.29, 1.82) is 0 Å². The lowest BCUT2D eigenvalue weighted by Gasteiger charge is -2.36. The molecule has 0 saturated heterocycles. The summed E-state index contributed by atoms with van der Waals surface area (Å²) < 4.78 is 17.2. The third-order valence-electron chi connectivity index (χ3n) is 6.88. The molecule has 2 aromatic heterocycles. The van der Waals surface area contributed by atoms with Gasteiger partial charge in [0.2, 0.25) is 0 Å². The Kier molecular flexibility index (Phi) is 4.61. The summed E-state index contributed by atoms with van der Waals surface area (Å²) >= 11 is 0. The monoisotopic (exact) mass is 442 g/mol. The number of carbonyl (C=O) groups is 2. The standard InChI is InChI=1S/C27H22O6/c28-18-11-15(21-7-3-9-31-21)12-19(29)26(18)25-17-5-1-2-6-23(17)33-24-14-16(13-20(30)27(24)25)22-8-4-10-32-22/h1-10,15-16,25,28H,11-14H2/t15-,16+,25-/m1/s1. The van der Waals surface area contributed by atoms with Crippen LogP contribution in [0.2, 0.25) is 0 Å². The molecule has 0 spiro atoms. The van der Waals surface area contributed by atoms with Crippen LogP contribution in [-0.2, 0) is 9.59 Å². The Bertz CT molecular complexity index is 1290. The predicted molar refractivity (Wildman–Crippen MR) is 118 cm³/mol. The zero-order valence-electron chi connectivity index (χ0n) is 17.8. The lowest BCUT2D eigenvalue weighted by atomic mass is 9.70. The van der Waals surface area contributed by atoms with Gasteiger partial charge in [0, 0.05) is 54.2 Å². The third kappa shape index (κ3) is 3.25. The lowest BCUT2D eigenvalue weighted by molar-refractivity contribution is -0.117. The maximum atomic E-state index is 13.5. The molecule has 6 rings (SSSR count). The number of para-hydroxylation sites is 1. The first-order chi connectivity index (χ1) is 16.1. The number of carbonyl (C=O) groups excluding carboxylic acids is 2. The van der Waals surface area contributed by atoms with Crippen LogP contribution >= 0.6 is 0 Å². The maximum absolute atomic E-state index is 13.5. The smallest absolute Gasteiger partial charge is 0.163 e. The van der Waals surface area contributed by atoms with Gasteiger partial charge in [-0.2, -0.15) is 0 Å². The van der Waals surface area contributed by atoms with Gasteiger partial charge in [0.1, 0.15) is 28.8 Å². The number of ether oxygens (including phenoxy) is 1. The largest absolute Gasteiger partial charge is 0.512 e. The second-order valence-electron chi connectivity index (χ2n) is 8.86. The van der Waals surface area contributed by atoms with Crippen molar-refractivity contribution in [3.63, 3.8) is 0 Å². The van der Waals surface area contributed by atoms with Crippen LogP contribution in [0, 0.1) is 0 Å². The molecule has 166 valence electrons. The first kappa shape index (κ1) is 19.9. The average Bonchev–Trinajstić information content (AvgIpc) is 3.52. The molecular weight excluding hydrogens is 420 g/mol. The summed E-state index contributed by atoms with van der Waals surface area (Å²) in [6.07, 6.45) is 4.45. The molecule has 3 aliphatic rings. The Morgan fingerprint density at radius 3 is 2.00 bits per heavy atom. The zero-order valence-corrected chi connectivity index (χ0v) is 17.8. The second-order valence-corrected chi connectivity index (χ2v) is 8.86. The fourth-order valence-corrected chi connectivity index (χ4v) is 5.40. The van der Waals surface area contributed by atoms with Crippen molar-refractivity contribution < 1.29 is 28.3 Å². The molecule has 0 unspecified atom stereocenters. The molecule has 3 atom stereocenters. The first-order valence-corrected chi connectivity index (χ1v) is 11.1. The number of hydrogen-bond donors (Lipinski definition) is 1.